The van der Waals surface area contributed by atoms with Crippen molar-refractivity contribution in [1.82, 2.24) is 15.1 Å². The SMILES string of the molecule is Cc1onc(-c2ccc(F)cn2)c1C=Cc1ncc(C(N)=O)s1. The molecule has 0 radical (unpaired) electrons. The van der Waals surface area contributed by atoms with E-state index in [1.165, 1.54) is 29.7 Å². The van der Waals surface area contributed by atoms with Crippen LogP contribution in [0.15, 0.2) is 29.0 Å². The average molecular weight is 330 g/mol. The van der Waals surface area contributed by atoms with E-state index in [2.05, 4.69) is 15.1 Å². The van der Waals surface area contributed by atoms with E-state index in [0.29, 0.717) is 32.6 Å². The quantitative estimate of drug-likeness (QED) is 0.793. The molecule has 3 aromatic rings. The first kappa shape index (κ1) is 15.0. The number of primary amides is 1. The van der Waals surface area contributed by atoms with Crippen molar-refractivity contribution in [2.45, 2.75) is 6.92 Å². The largest absolute Gasteiger partial charge is 0.365 e. The lowest BCUT2D eigenvalue weighted by molar-refractivity contribution is 0.100. The minimum Gasteiger partial charge on any atom is -0.365 e. The molecule has 0 aromatic carbocycles. The standard InChI is InChI=1S/C15H11FN4O2S/c1-8-10(3-5-13-19-7-12(23-13)15(17)21)14(20-22-8)11-4-2-9(16)6-18-11/h2-7H,1H3,(H2,17,21). The molecule has 0 spiro atoms. The van der Waals surface area contributed by atoms with Gasteiger partial charge in [0.05, 0.1) is 18.1 Å². The van der Waals surface area contributed by atoms with Crippen molar-refractivity contribution in [3.63, 3.8) is 0 Å². The summed E-state index contributed by atoms with van der Waals surface area (Å²) in [5.41, 5.74) is 6.91. The number of hydrogen-bond acceptors (Lipinski definition) is 6. The lowest BCUT2D eigenvalue weighted by atomic mass is 10.1. The third-order valence-corrected chi connectivity index (χ3v) is 4.01. The van der Waals surface area contributed by atoms with Gasteiger partial charge in [-0.05, 0) is 31.2 Å². The zero-order chi connectivity index (χ0) is 16.4. The van der Waals surface area contributed by atoms with Crippen LogP contribution in [0.1, 0.15) is 26.0 Å². The third-order valence-electron chi connectivity index (χ3n) is 3.04. The maximum Gasteiger partial charge on any atom is 0.260 e. The second kappa shape index (κ2) is 6.09. The van der Waals surface area contributed by atoms with Crippen LogP contribution in [0.3, 0.4) is 0 Å². The van der Waals surface area contributed by atoms with Crippen LogP contribution in [0.5, 0.6) is 0 Å². The molecule has 1 amide bonds. The van der Waals surface area contributed by atoms with Crippen molar-refractivity contribution in [2.24, 2.45) is 5.73 Å². The molecule has 3 heterocycles. The number of aromatic nitrogens is 3. The Balaban J connectivity index is 1.93. The molecule has 0 bridgehead atoms. The molecule has 0 aliphatic rings. The number of carbonyl (C=O) groups excluding carboxylic acids is 1. The van der Waals surface area contributed by atoms with Crippen LogP contribution in [-0.2, 0) is 0 Å². The van der Waals surface area contributed by atoms with Crippen LogP contribution < -0.4 is 5.73 Å². The van der Waals surface area contributed by atoms with Gasteiger partial charge in [0.2, 0.25) is 0 Å². The molecular weight excluding hydrogens is 319 g/mol. The summed E-state index contributed by atoms with van der Waals surface area (Å²) in [5.74, 6) is -0.346. The summed E-state index contributed by atoms with van der Waals surface area (Å²) in [7, 11) is 0. The van der Waals surface area contributed by atoms with Gasteiger partial charge in [0.25, 0.3) is 5.91 Å². The van der Waals surface area contributed by atoms with Crippen LogP contribution >= 0.6 is 11.3 Å². The monoisotopic (exact) mass is 330 g/mol. The first-order chi connectivity index (χ1) is 11.0. The number of amides is 1. The molecule has 116 valence electrons. The van der Waals surface area contributed by atoms with E-state index in [1.807, 2.05) is 0 Å². The van der Waals surface area contributed by atoms with E-state index in [1.54, 1.807) is 19.1 Å². The minimum absolute atomic E-state index is 0.382. The Morgan fingerprint density at radius 1 is 1.30 bits per heavy atom. The number of nitrogens with two attached hydrogens (primary N) is 1. The van der Waals surface area contributed by atoms with E-state index < -0.39 is 11.7 Å². The molecule has 0 atom stereocenters. The highest BCUT2D eigenvalue weighted by molar-refractivity contribution is 7.14. The average Bonchev–Trinajstić information content (AvgIpc) is 3.13. The Morgan fingerprint density at radius 2 is 2.13 bits per heavy atom. The number of hydrogen-bond donors (Lipinski definition) is 1. The number of rotatable bonds is 4. The summed E-state index contributed by atoms with van der Waals surface area (Å²) in [6, 6.07) is 2.83. The Hall–Kier alpha value is -2.87. The van der Waals surface area contributed by atoms with Gasteiger partial charge in [-0.3, -0.25) is 9.78 Å². The van der Waals surface area contributed by atoms with Crippen LogP contribution in [0.4, 0.5) is 4.39 Å². The first-order valence-electron chi connectivity index (χ1n) is 6.56. The van der Waals surface area contributed by atoms with Gasteiger partial charge in [0.1, 0.15) is 27.2 Å². The Bertz CT molecular complexity index is 883. The van der Waals surface area contributed by atoms with E-state index in [9.17, 15) is 9.18 Å². The van der Waals surface area contributed by atoms with Gasteiger partial charge >= 0.3 is 0 Å². The first-order valence-corrected chi connectivity index (χ1v) is 7.38. The molecule has 0 unspecified atom stereocenters. The highest BCUT2D eigenvalue weighted by atomic mass is 32.1. The van der Waals surface area contributed by atoms with Gasteiger partial charge in [0, 0.05) is 5.56 Å². The topological polar surface area (TPSA) is 94.9 Å². The van der Waals surface area contributed by atoms with Crippen LogP contribution in [0.25, 0.3) is 23.5 Å². The lowest BCUT2D eigenvalue weighted by Gasteiger charge is -1.97. The zero-order valence-electron chi connectivity index (χ0n) is 12.0. The molecule has 3 aromatic heterocycles. The maximum atomic E-state index is 13.0. The predicted molar refractivity (Wildman–Crippen MR) is 84.0 cm³/mol. The predicted octanol–water partition coefficient (Wildman–Crippen LogP) is 2.91. The number of halogens is 1. The van der Waals surface area contributed by atoms with Crippen LogP contribution in [0, 0.1) is 12.7 Å². The van der Waals surface area contributed by atoms with Crippen LogP contribution in [0.2, 0.25) is 0 Å². The van der Waals surface area contributed by atoms with Crippen molar-refractivity contribution in [1.29, 1.82) is 0 Å². The van der Waals surface area contributed by atoms with Gasteiger partial charge in [-0.25, -0.2) is 9.37 Å². The van der Waals surface area contributed by atoms with Gasteiger partial charge in [-0.2, -0.15) is 0 Å². The van der Waals surface area contributed by atoms with E-state index in [-0.39, 0.29) is 0 Å². The third kappa shape index (κ3) is 3.16. The fourth-order valence-corrected chi connectivity index (χ4v) is 2.58. The Morgan fingerprint density at radius 3 is 2.78 bits per heavy atom. The molecule has 6 nitrogen and oxygen atoms in total. The van der Waals surface area contributed by atoms with Crippen molar-refractivity contribution in [3.8, 4) is 11.4 Å². The molecule has 0 aliphatic heterocycles. The molecule has 2 N–H and O–H groups in total. The second-order valence-corrected chi connectivity index (χ2v) is 5.69. The minimum atomic E-state index is -0.514. The van der Waals surface area contributed by atoms with Gasteiger partial charge in [-0.15, -0.1) is 11.3 Å². The molecule has 23 heavy (non-hydrogen) atoms. The number of aryl methyl sites for hydroxylation is 1. The summed E-state index contributed by atoms with van der Waals surface area (Å²) in [5, 5.41) is 4.58. The van der Waals surface area contributed by atoms with E-state index in [0.717, 1.165) is 6.20 Å². The molecule has 0 saturated carbocycles. The molecule has 0 saturated heterocycles. The number of carbonyl (C=O) groups is 1. The van der Waals surface area contributed by atoms with E-state index in [4.69, 9.17) is 10.3 Å². The smallest absolute Gasteiger partial charge is 0.260 e. The fourth-order valence-electron chi connectivity index (χ4n) is 1.91. The molecule has 0 aliphatic carbocycles. The van der Waals surface area contributed by atoms with Crippen LogP contribution in [-0.4, -0.2) is 21.0 Å². The van der Waals surface area contributed by atoms with Crippen molar-refractivity contribution in [2.75, 3.05) is 0 Å². The highest BCUT2D eigenvalue weighted by Gasteiger charge is 2.14. The van der Waals surface area contributed by atoms with Gasteiger partial charge < -0.3 is 10.3 Å². The second-order valence-electron chi connectivity index (χ2n) is 4.62. The normalized spacial score (nSPS) is 11.2. The number of nitrogens with zero attached hydrogens (tertiary/aromatic N) is 3. The highest BCUT2D eigenvalue weighted by Crippen LogP contribution is 2.26. The van der Waals surface area contributed by atoms with Crippen molar-refractivity contribution >= 4 is 29.4 Å². The van der Waals surface area contributed by atoms with Gasteiger partial charge in [0.15, 0.2) is 0 Å². The molecule has 3 rings (SSSR count). The van der Waals surface area contributed by atoms with Crippen molar-refractivity contribution in [3.05, 3.63) is 51.6 Å². The molecule has 8 heteroatoms. The number of thiazole rings is 1. The summed E-state index contributed by atoms with van der Waals surface area (Å²) in [6.07, 6.45) is 6.03. The summed E-state index contributed by atoms with van der Waals surface area (Å²) in [6.45, 7) is 1.76. The lowest BCUT2D eigenvalue weighted by Crippen LogP contribution is -2.08. The Labute approximate surface area is 134 Å². The Kier molecular flexibility index (Phi) is 3.98. The van der Waals surface area contributed by atoms with Gasteiger partial charge in [-0.1, -0.05) is 5.16 Å². The summed E-state index contributed by atoms with van der Waals surface area (Å²) < 4.78 is 18.2. The van der Waals surface area contributed by atoms with Crippen molar-refractivity contribution < 1.29 is 13.7 Å². The summed E-state index contributed by atoms with van der Waals surface area (Å²) >= 11 is 1.18. The number of pyridine rings is 1. The fraction of sp³-hybridized carbons (Fsp3) is 0.0667. The zero-order valence-corrected chi connectivity index (χ0v) is 12.8. The molecule has 0 fully saturated rings. The summed E-state index contributed by atoms with van der Waals surface area (Å²) in [4.78, 5) is 19.5. The maximum absolute atomic E-state index is 13.0. The molecular formula is C15H11FN4O2S. The van der Waals surface area contributed by atoms with E-state index >= 15 is 0 Å².